The summed E-state index contributed by atoms with van der Waals surface area (Å²) < 4.78 is 33.8. The number of aromatic nitrogens is 1. The van der Waals surface area contributed by atoms with Gasteiger partial charge in [-0.2, -0.15) is 4.31 Å². The second-order valence-electron chi connectivity index (χ2n) is 10.3. The molecule has 228 valence electrons. The van der Waals surface area contributed by atoms with Crippen LogP contribution < -0.4 is 10.2 Å². The van der Waals surface area contributed by atoms with E-state index < -0.39 is 28.1 Å². The SMILES string of the molecule is COC(=O)c1ccc(NC(=O)N2CCN(S(=O)(=O)c3sc(C)nc3C)C(C(=O)N3CCN(c4ccccc4)CC3)C2)cc1. The Balaban J connectivity index is 1.35. The Labute approximate surface area is 254 Å². The van der Waals surface area contributed by atoms with Crippen molar-refractivity contribution >= 4 is 50.6 Å². The Morgan fingerprint density at radius 2 is 1.56 bits per heavy atom. The highest BCUT2D eigenvalue weighted by molar-refractivity contribution is 7.91. The van der Waals surface area contributed by atoms with Crippen molar-refractivity contribution in [3.05, 3.63) is 70.9 Å². The minimum Gasteiger partial charge on any atom is -0.465 e. The molecule has 0 bridgehead atoms. The van der Waals surface area contributed by atoms with Gasteiger partial charge in [0.05, 0.1) is 23.4 Å². The number of urea groups is 1. The molecule has 12 nitrogen and oxygen atoms in total. The van der Waals surface area contributed by atoms with Crippen LogP contribution in [0.5, 0.6) is 0 Å². The van der Waals surface area contributed by atoms with E-state index in [0.29, 0.717) is 48.1 Å². The molecular weight excluding hydrogens is 592 g/mol. The van der Waals surface area contributed by atoms with Gasteiger partial charge in [-0.25, -0.2) is 23.0 Å². The molecule has 3 heterocycles. The fraction of sp³-hybridized carbons (Fsp3) is 0.379. The van der Waals surface area contributed by atoms with E-state index in [1.54, 1.807) is 30.9 Å². The second kappa shape index (κ2) is 12.7. The van der Waals surface area contributed by atoms with E-state index >= 15 is 0 Å². The molecule has 1 aromatic heterocycles. The summed E-state index contributed by atoms with van der Waals surface area (Å²) >= 11 is 1.08. The van der Waals surface area contributed by atoms with Crippen LogP contribution in [-0.2, 0) is 19.6 Å². The minimum atomic E-state index is -4.05. The zero-order valence-corrected chi connectivity index (χ0v) is 25.9. The quantitative estimate of drug-likeness (QED) is 0.413. The van der Waals surface area contributed by atoms with Crippen LogP contribution in [0.4, 0.5) is 16.2 Å². The Morgan fingerprint density at radius 1 is 0.907 bits per heavy atom. The summed E-state index contributed by atoms with van der Waals surface area (Å²) in [5.41, 5.74) is 2.24. The predicted molar refractivity (Wildman–Crippen MR) is 163 cm³/mol. The summed E-state index contributed by atoms with van der Waals surface area (Å²) in [5, 5.41) is 3.40. The molecule has 3 amide bonds. The van der Waals surface area contributed by atoms with Crippen LogP contribution in [0.1, 0.15) is 21.1 Å². The van der Waals surface area contributed by atoms with Crippen molar-refractivity contribution in [1.29, 1.82) is 0 Å². The number of benzene rings is 2. The van der Waals surface area contributed by atoms with Crippen molar-refractivity contribution in [2.24, 2.45) is 0 Å². The fourth-order valence-corrected chi connectivity index (χ4v) is 8.50. The normalized spacial score (nSPS) is 17.9. The number of thiazole rings is 1. The molecule has 2 aromatic carbocycles. The maximum absolute atomic E-state index is 14.0. The summed E-state index contributed by atoms with van der Waals surface area (Å²) in [4.78, 5) is 48.7. The standard InChI is InChI=1S/C29H34N6O6S2/c1-20-28(42-21(2)30-20)43(39,40)35-18-17-34(29(38)31-23-11-9-22(10-12-23)27(37)41-3)19-25(35)26(36)33-15-13-32(14-16-33)24-7-5-4-6-8-24/h4-12,25H,13-19H2,1-3H3,(H,31,38). The number of methoxy groups -OCH3 is 1. The number of aryl methyl sites for hydroxylation is 2. The number of carbonyl (C=O) groups is 3. The molecule has 2 aliphatic heterocycles. The molecule has 3 aromatic rings. The topological polar surface area (TPSA) is 132 Å². The van der Waals surface area contributed by atoms with E-state index in [1.165, 1.54) is 28.4 Å². The Hall–Kier alpha value is -4.01. The average Bonchev–Trinajstić information content (AvgIpc) is 3.39. The maximum Gasteiger partial charge on any atom is 0.337 e. The van der Waals surface area contributed by atoms with Gasteiger partial charge in [-0.1, -0.05) is 18.2 Å². The van der Waals surface area contributed by atoms with Gasteiger partial charge in [0.2, 0.25) is 5.91 Å². The number of rotatable bonds is 6. The number of piperazine rings is 2. The van der Waals surface area contributed by atoms with E-state index in [4.69, 9.17) is 4.74 Å². The Bertz CT molecular complexity index is 1590. The van der Waals surface area contributed by atoms with Crippen molar-refractivity contribution in [1.82, 2.24) is 19.1 Å². The second-order valence-corrected chi connectivity index (χ2v) is 13.6. The lowest BCUT2D eigenvalue weighted by Crippen LogP contribution is -2.63. The minimum absolute atomic E-state index is 0.0478. The molecule has 0 saturated carbocycles. The van der Waals surface area contributed by atoms with Crippen molar-refractivity contribution in [2.75, 3.05) is 63.1 Å². The number of nitrogens with zero attached hydrogens (tertiary/aromatic N) is 5. The third-order valence-corrected chi connectivity index (χ3v) is 11.1. The largest absolute Gasteiger partial charge is 0.465 e. The summed E-state index contributed by atoms with van der Waals surface area (Å²) in [6, 6.07) is 14.6. The number of hydrogen-bond acceptors (Lipinski definition) is 9. The number of sulfonamides is 1. The lowest BCUT2D eigenvalue weighted by Gasteiger charge is -2.43. The molecule has 1 atom stereocenters. The first-order valence-electron chi connectivity index (χ1n) is 13.9. The Morgan fingerprint density at radius 3 is 2.16 bits per heavy atom. The Kier molecular flexibility index (Phi) is 8.99. The van der Waals surface area contributed by atoms with Gasteiger partial charge in [0.25, 0.3) is 10.0 Å². The third kappa shape index (κ3) is 6.50. The van der Waals surface area contributed by atoms with Crippen LogP contribution in [0.25, 0.3) is 0 Å². The number of nitrogens with one attached hydrogen (secondary N) is 1. The highest BCUT2D eigenvalue weighted by Crippen LogP contribution is 2.30. The smallest absolute Gasteiger partial charge is 0.337 e. The number of esters is 1. The van der Waals surface area contributed by atoms with Crippen molar-refractivity contribution in [2.45, 2.75) is 24.1 Å². The van der Waals surface area contributed by atoms with Crippen LogP contribution in [0.3, 0.4) is 0 Å². The number of amides is 3. The van der Waals surface area contributed by atoms with Gasteiger partial charge < -0.3 is 24.8 Å². The van der Waals surface area contributed by atoms with Gasteiger partial charge >= 0.3 is 12.0 Å². The number of ether oxygens (including phenoxy) is 1. The van der Waals surface area contributed by atoms with E-state index in [0.717, 1.165) is 17.0 Å². The lowest BCUT2D eigenvalue weighted by atomic mass is 10.1. The molecular formula is C29H34N6O6S2. The summed E-state index contributed by atoms with van der Waals surface area (Å²) in [5.74, 6) is -0.831. The summed E-state index contributed by atoms with van der Waals surface area (Å²) in [6.07, 6.45) is 0. The molecule has 0 aliphatic carbocycles. The molecule has 2 aliphatic rings. The summed E-state index contributed by atoms with van der Waals surface area (Å²) in [7, 11) is -2.76. The van der Waals surface area contributed by atoms with Gasteiger partial charge in [0, 0.05) is 57.2 Å². The van der Waals surface area contributed by atoms with Gasteiger partial charge in [0.15, 0.2) is 4.21 Å². The van der Waals surface area contributed by atoms with E-state index in [9.17, 15) is 22.8 Å². The van der Waals surface area contributed by atoms with Crippen molar-refractivity contribution in [3.63, 3.8) is 0 Å². The van der Waals surface area contributed by atoms with Gasteiger partial charge in [-0.3, -0.25) is 4.79 Å². The van der Waals surface area contributed by atoms with Crippen molar-refractivity contribution < 1.29 is 27.5 Å². The molecule has 14 heteroatoms. The molecule has 5 rings (SSSR count). The van der Waals surface area contributed by atoms with E-state index in [-0.39, 0.29) is 29.8 Å². The van der Waals surface area contributed by atoms with Gasteiger partial charge in [-0.15, -0.1) is 11.3 Å². The number of para-hydroxylation sites is 1. The van der Waals surface area contributed by atoms with Crippen LogP contribution in [0.15, 0.2) is 58.8 Å². The maximum atomic E-state index is 14.0. The number of anilines is 2. The summed E-state index contributed by atoms with van der Waals surface area (Å²) in [6.45, 7) is 5.38. The zero-order valence-electron chi connectivity index (χ0n) is 24.2. The van der Waals surface area contributed by atoms with Crippen LogP contribution in [0.2, 0.25) is 0 Å². The first kappa shape index (κ1) is 30.4. The zero-order chi connectivity index (χ0) is 30.7. The molecule has 2 fully saturated rings. The first-order chi connectivity index (χ1) is 20.6. The third-order valence-electron chi connectivity index (χ3n) is 7.58. The van der Waals surface area contributed by atoms with Crippen LogP contribution >= 0.6 is 11.3 Å². The average molecular weight is 627 g/mol. The van der Waals surface area contributed by atoms with Crippen LogP contribution in [0, 0.1) is 13.8 Å². The van der Waals surface area contributed by atoms with Crippen LogP contribution in [-0.4, -0.2) is 104 Å². The van der Waals surface area contributed by atoms with Gasteiger partial charge in [0.1, 0.15) is 6.04 Å². The monoisotopic (exact) mass is 626 g/mol. The number of carbonyl (C=O) groups excluding carboxylic acids is 3. The highest BCUT2D eigenvalue weighted by atomic mass is 32.2. The lowest BCUT2D eigenvalue weighted by molar-refractivity contribution is -0.137. The van der Waals surface area contributed by atoms with Crippen molar-refractivity contribution in [3.8, 4) is 0 Å². The molecule has 43 heavy (non-hydrogen) atoms. The molecule has 2 saturated heterocycles. The van der Waals surface area contributed by atoms with E-state index in [2.05, 4.69) is 15.2 Å². The highest BCUT2D eigenvalue weighted by Gasteiger charge is 2.44. The first-order valence-corrected chi connectivity index (χ1v) is 16.1. The predicted octanol–water partition coefficient (Wildman–Crippen LogP) is 2.80. The van der Waals surface area contributed by atoms with E-state index in [1.807, 2.05) is 30.3 Å². The molecule has 1 unspecified atom stereocenters. The molecule has 0 spiro atoms. The number of hydrogen-bond donors (Lipinski definition) is 1. The van der Waals surface area contributed by atoms with Gasteiger partial charge in [-0.05, 0) is 50.2 Å². The molecule has 1 N–H and O–H groups in total. The molecule has 0 radical (unpaired) electrons. The fourth-order valence-electron chi connectivity index (χ4n) is 5.34.